The normalized spacial score (nSPS) is 13.5. The molecule has 1 heterocycles. The van der Waals surface area contributed by atoms with Gasteiger partial charge in [-0.3, -0.25) is 4.98 Å². The van der Waals surface area contributed by atoms with E-state index in [0.29, 0.717) is 23.0 Å². The van der Waals surface area contributed by atoms with Crippen LogP contribution < -0.4 is 10.5 Å². The van der Waals surface area contributed by atoms with Gasteiger partial charge in [0, 0.05) is 23.8 Å². The summed E-state index contributed by atoms with van der Waals surface area (Å²) in [5.74, 6) is 0. The number of fused-ring (bicyclic) bond motifs is 1. The van der Waals surface area contributed by atoms with Crippen molar-refractivity contribution in [1.29, 1.82) is 0 Å². The number of nitrogens with two attached hydrogens (primary N) is 1. The molecule has 0 saturated heterocycles. The first-order valence-corrected chi connectivity index (χ1v) is 7.75. The number of aliphatic hydroxyl groups is 1. The number of aromatic nitrogens is 1. The van der Waals surface area contributed by atoms with Gasteiger partial charge in [-0.25, -0.2) is 13.1 Å². The fourth-order valence-corrected chi connectivity index (χ4v) is 3.05. The molecule has 0 fully saturated rings. The van der Waals surface area contributed by atoms with Crippen molar-refractivity contribution in [2.45, 2.75) is 24.3 Å². The molecule has 0 bridgehead atoms. The molecular weight excluding hydrogens is 278 g/mol. The van der Waals surface area contributed by atoms with Gasteiger partial charge >= 0.3 is 0 Å². The summed E-state index contributed by atoms with van der Waals surface area (Å²) < 4.78 is 26.9. The van der Waals surface area contributed by atoms with Gasteiger partial charge in [-0.15, -0.1) is 0 Å². The van der Waals surface area contributed by atoms with E-state index in [4.69, 9.17) is 5.73 Å². The van der Waals surface area contributed by atoms with Crippen LogP contribution >= 0.6 is 0 Å². The van der Waals surface area contributed by atoms with Gasteiger partial charge in [0.05, 0.1) is 11.6 Å². The Morgan fingerprint density at radius 3 is 2.85 bits per heavy atom. The number of hydrogen-bond donors (Lipinski definition) is 3. The van der Waals surface area contributed by atoms with E-state index in [9.17, 15) is 13.5 Å². The van der Waals surface area contributed by atoms with Crippen molar-refractivity contribution in [2.24, 2.45) is 0 Å². The van der Waals surface area contributed by atoms with Gasteiger partial charge in [-0.2, -0.15) is 0 Å². The Morgan fingerprint density at radius 1 is 1.40 bits per heavy atom. The van der Waals surface area contributed by atoms with E-state index in [0.717, 1.165) is 0 Å². The number of sulfonamides is 1. The highest BCUT2D eigenvalue weighted by Crippen LogP contribution is 2.25. The average Bonchev–Trinajstić information content (AvgIpc) is 2.45. The predicted octanol–water partition coefficient (Wildman–Crippen LogP) is 0.866. The molecule has 1 atom stereocenters. The predicted molar refractivity (Wildman–Crippen MR) is 77.6 cm³/mol. The van der Waals surface area contributed by atoms with Gasteiger partial charge < -0.3 is 10.8 Å². The van der Waals surface area contributed by atoms with E-state index in [1.54, 1.807) is 19.1 Å². The Balaban J connectivity index is 2.45. The third-order valence-electron chi connectivity index (χ3n) is 3.04. The molecule has 0 aliphatic heterocycles. The van der Waals surface area contributed by atoms with Crippen LogP contribution in [-0.4, -0.2) is 31.2 Å². The van der Waals surface area contributed by atoms with Gasteiger partial charge in [-0.05, 0) is 30.7 Å². The van der Waals surface area contributed by atoms with Crippen molar-refractivity contribution < 1.29 is 13.5 Å². The van der Waals surface area contributed by atoms with Crippen LogP contribution in [0.2, 0.25) is 0 Å². The second kappa shape index (κ2) is 5.74. The number of rotatable bonds is 5. The standard InChI is InChI=1S/C13H17N3O3S/c1-2-9(17)8-16-20(18,19)12-6-5-11(14)10-4-3-7-15-13(10)12/h3-7,9,16-17H,2,8,14H2,1H3. The first kappa shape index (κ1) is 14.7. The molecule has 0 aliphatic carbocycles. The van der Waals surface area contributed by atoms with E-state index in [1.807, 2.05) is 0 Å². The summed E-state index contributed by atoms with van der Waals surface area (Å²) in [4.78, 5) is 4.15. The zero-order chi connectivity index (χ0) is 14.8. The zero-order valence-corrected chi connectivity index (χ0v) is 11.9. The average molecular weight is 295 g/mol. The number of hydrogen-bond acceptors (Lipinski definition) is 5. The first-order valence-electron chi connectivity index (χ1n) is 6.26. The molecule has 6 nitrogen and oxygen atoms in total. The fraction of sp³-hybridized carbons (Fsp3) is 0.308. The monoisotopic (exact) mass is 295 g/mol. The van der Waals surface area contributed by atoms with Crippen LogP contribution in [0.4, 0.5) is 5.69 Å². The van der Waals surface area contributed by atoms with Gasteiger partial charge in [0.2, 0.25) is 10.0 Å². The molecule has 1 aromatic carbocycles. The van der Waals surface area contributed by atoms with E-state index in [2.05, 4.69) is 9.71 Å². The van der Waals surface area contributed by atoms with Gasteiger partial charge in [0.25, 0.3) is 0 Å². The van der Waals surface area contributed by atoms with E-state index >= 15 is 0 Å². The smallest absolute Gasteiger partial charge is 0.242 e. The Kier molecular flexibility index (Phi) is 4.22. The molecule has 0 aliphatic rings. The maximum Gasteiger partial charge on any atom is 0.242 e. The lowest BCUT2D eigenvalue weighted by Crippen LogP contribution is -2.32. The van der Waals surface area contributed by atoms with Gasteiger partial charge in [0.1, 0.15) is 4.90 Å². The van der Waals surface area contributed by atoms with Crippen LogP contribution in [0.3, 0.4) is 0 Å². The molecule has 7 heteroatoms. The van der Waals surface area contributed by atoms with Crippen LogP contribution in [0.15, 0.2) is 35.4 Å². The quantitative estimate of drug-likeness (QED) is 0.710. The van der Waals surface area contributed by atoms with Gasteiger partial charge in [-0.1, -0.05) is 6.92 Å². The minimum absolute atomic E-state index is 0.0302. The summed E-state index contributed by atoms with van der Waals surface area (Å²) in [7, 11) is -3.74. The molecule has 0 spiro atoms. The lowest BCUT2D eigenvalue weighted by atomic mass is 10.2. The topological polar surface area (TPSA) is 105 Å². The Hall–Kier alpha value is -1.70. The Bertz CT molecular complexity index is 716. The van der Waals surface area contributed by atoms with Crippen molar-refractivity contribution in [3.05, 3.63) is 30.5 Å². The summed E-state index contributed by atoms with van der Waals surface area (Å²) in [5, 5.41) is 10.1. The fourth-order valence-electron chi connectivity index (χ4n) is 1.81. The highest BCUT2D eigenvalue weighted by molar-refractivity contribution is 7.89. The van der Waals surface area contributed by atoms with Crippen molar-refractivity contribution in [3.63, 3.8) is 0 Å². The van der Waals surface area contributed by atoms with Crippen LogP contribution in [0, 0.1) is 0 Å². The van der Waals surface area contributed by atoms with Crippen molar-refractivity contribution in [1.82, 2.24) is 9.71 Å². The number of anilines is 1. The second-order valence-corrected chi connectivity index (χ2v) is 6.20. The molecule has 4 N–H and O–H groups in total. The van der Waals surface area contributed by atoms with Crippen LogP contribution in [0.25, 0.3) is 10.9 Å². The number of benzene rings is 1. The van der Waals surface area contributed by atoms with Crippen LogP contribution in [0.1, 0.15) is 13.3 Å². The number of pyridine rings is 1. The summed E-state index contributed by atoms with van der Waals surface area (Å²) in [6, 6.07) is 6.38. The maximum atomic E-state index is 12.3. The molecule has 0 saturated carbocycles. The summed E-state index contributed by atoms with van der Waals surface area (Å²) in [6.45, 7) is 1.75. The number of nitrogens with one attached hydrogen (secondary N) is 1. The van der Waals surface area contributed by atoms with Gasteiger partial charge in [0.15, 0.2) is 0 Å². The highest BCUT2D eigenvalue weighted by atomic mass is 32.2. The molecule has 0 amide bonds. The molecule has 108 valence electrons. The lowest BCUT2D eigenvalue weighted by molar-refractivity contribution is 0.174. The van der Waals surface area contributed by atoms with Crippen molar-refractivity contribution >= 4 is 26.6 Å². The third-order valence-corrected chi connectivity index (χ3v) is 4.49. The minimum Gasteiger partial charge on any atom is -0.398 e. The SMILES string of the molecule is CCC(O)CNS(=O)(=O)c1ccc(N)c2cccnc12. The highest BCUT2D eigenvalue weighted by Gasteiger charge is 2.19. The molecule has 20 heavy (non-hydrogen) atoms. The van der Waals surface area contributed by atoms with Crippen molar-refractivity contribution in [3.8, 4) is 0 Å². The van der Waals surface area contributed by atoms with E-state index in [-0.39, 0.29) is 11.4 Å². The molecule has 1 unspecified atom stereocenters. The molecule has 2 rings (SSSR count). The van der Waals surface area contributed by atoms with Crippen LogP contribution in [0.5, 0.6) is 0 Å². The van der Waals surface area contributed by atoms with E-state index < -0.39 is 16.1 Å². The second-order valence-electron chi connectivity index (χ2n) is 4.47. The molecule has 0 radical (unpaired) electrons. The number of aliphatic hydroxyl groups excluding tert-OH is 1. The molecule has 2 aromatic rings. The third kappa shape index (κ3) is 2.90. The number of nitrogen functional groups attached to an aromatic ring is 1. The lowest BCUT2D eigenvalue weighted by Gasteiger charge is -2.12. The zero-order valence-electron chi connectivity index (χ0n) is 11.1. The maximum absolute atomic E-state index is 12.3. The largest absolute Gasteiger partial charge is 0.398 e. The Morgan fingerprint density at radius 2 is 2.15 bits per heavy atom. The minimum atomic E-state index is -3.74. The number of nitrogens with zero attached hydrogens (tertiary/aromatic N) is 1. The summed E-state index contributed by atoms with van der Waals surface area (Å²) >= 11 is 0. The van der Waals surface area contributed by atoms with Crippen molar-refractivity contribution in [2.75, 3.05) is 12.3 Å². The Labute approximate surface area is 117 Å². The molecule has 1 aromatic heterocycles. The first-order chi connectivity index (χ1) is 9.45. The van der Waals surface area contributed by atoms with E-state index in [1.165, 1.54) is 18.3 Å². The summed E-state index contributed by atoms with van der Waals surface area (Å²) in [6.07, 6.45) is 1.28. The summed E-state index contributed by atoms with van der Waals surface area (Å²) in [5.41, 5.74) is 6.61. The van der Waals surface area contributed by atoms with Crippen LogP contribution in [-0.2, 0) is 10.0 Å². The molecular formula is C13H17N3O3S.